The number of benzene rings is 3. The quantitative estimate of drug-likeness (QED) is 0.583. The molecule has 1 N–H and O–H groups in total. The fourth-order valence-electron chi connectivity index (χ4n) is 3.02. The summed E-state index contributed by atoms with van der Waals surface area (Å²) in [5, 5.41) is 3.34. The van der Waals surface area contributed by atoms with Gasteiger partial charge in [-0.1, -0.05) is 79.7 Å². The van der Waals surface area contributed by atoms with Gasteiger partial charge in [0.05, 0.1) is 0 Å². The van der Waals surface area contributed by atoms with E-state index < -0.39 is 0 Å². The van der Waals surface area contributed by atoms with Crippen molar-refractivity contribution in [1.82, 2.24) is 10.2 Å². The van der Waals surface area contributed by atoms with E-state index in [1.807, 2.05) is 65.6 Å². The molecule has 0 unspecified atom stereocenters. The molecule has 0 spiro atoms. The Kier molecular flexibility index (Phi) is 6.93. The van der Waals surface area contributed by atoms with Gasteiger partial charge in [-0.2, -0.15) is 0 Å². The molecule has 0 saturated heterocycles. The van der Waals surface area contributed by atoms with Crippen LogP contribution in [0.5, 0.6) is 0 Å². The summed E-state index contributed by atoms with van der Waals surface area (Å²) in [4.78, 5) is 14.7. The first-order valence-electron chi connectivity index (χ1n) is 9.47. The van der Waals surface area contributed by atoms with E-state index in [2.05, 4.69) is 36.5 Å². The van der Waals surface area contributed by atoms with Crippen molar-refractivity contribution < 1.29 is 4.79 Å². The minimum atomic E-state index is -0.182. The van der Waals surface area contributed by atoms with E-state index in [0.29, 0.717) is 17.2 Å². The predicted molar refractivity (Wildman–Crippen MR) is 119 cm³/mol. The van der Waals surface area contributed by atoms with E-state index in [4.69, 9.17) is 12.2 Å². The lowest BCUT2D eigenvalue weighted by Crippen LogP contribution is -2.42. The van der Waals surface area contributed by atoms with Gasteiger partial charge in [0.2, 0.25) is 0 Å². The number of rotatable bonds is 6. The summed E-state index contributed by atoms with van der Waals surface area (Å²) >= 11 is 5.51. The Bertz CT molecular complexity index is 908. The number of amides is 1. The monoisotopic (exact) mass is 388 g/mol. The number of carbonyl (C=O) groups excluding carboxylic acids is 1. The molecule has 4 heteroatoms. The van der Waals surface area contributed by atoms with Crippen LogP contribution in [0, 0.1) is 0 Å². The van der Waals surface area contributed by atoms with E-state index in [0.717, 1.165) is 24.1 Å². The van der Waals surface area contributed by atoms with Crippen LogP contribution in [0.4, 0.5) is 0 Å². The summed E-state index contributed by atoms with van der Waals surface area (Å²) in [7, 11) is 0. The normalized spacial score (nSPS) is 10.3. The molecular formula is C24H24N2OS. The Morgan fingerprint density at radius 2 is 1.43 bits per heavy atom. The van der Waals surface area contributed by atoms with Gasteiger partial charge in [0, 0.05) is 18.7 Å². The summed E-state index contributed by atoms with van der Waals surface area (Å²) in [6.07, 6.45) is 0.953. The Morgan fingerprint density at radius 3 is 2.04 bits per heavy atom. The maximum atomic E-state index is 12.6. The average Bonchev–Trinajstić information content (AvgIpc) is 2.75. The lowest BCUT2D eigenvalue weighted by atomic mass is 10.0. The van der Waals surface area contributed by atoms with Crippen LogP contribution < -0.4 is 5.32 Å². The van der Waals surface area contributed by atoms with Crippen molar-refractivity contribution in [3.05, 3.63) is 96.1 Å². The highest BCUT2D eigenvalue weighted by molar-refractivity contribution is 7.80. The van der Waals surface area contributed by atoms with Crippen molar-refractivity contribution >= 4 is 23.2 Å². The molecule has 0 radical (unpaired) electrons. The molecule has 3 aromatic carbocycles. The second-order valence-corrected chi connectivity index (χ2v) is 7.00. The van der Waals surface area contributed by atoms with E-state index in [1.54, 1.807) is 0 Å². The molecule has 0 aliphatic rings. The SMILES string of the molecule is CCCN(Cc1ccccc1)C(=S)NC(=O)c1ccc(-c2ccccc2)cc1. The highest BCUT2D eigenvalue weighted by Gasteiger charge is 2.14. The molecule has 3 rings (SSSR count). The van der Waals surface area contributed by atoms with E-state index in [9.17, 15) is 4.79 Å². The summed E-state index contributed by atoms with van der Waals surface area (Å²) < 4.78 is 0. The van der Waals surface area contributed by atoms with Gasteiger partial charge in [0.15, 0.2) is 5.11 Å². The van der Waals surface area contributed by atoms with Crippen LogP contribution in [0.15, 0.2) is 84.9 Å². The van der Waals surface area contributed by atoms with Crippen molar-refractivity contribution in [2.24, 2.45) is 0 Å². The molecule has 3 nitrogen and oxygen atoms in total. The molecule has 1 amide bonds. The van der Waals surface area contributed by atoms with Crippen LogP contribution in [-0.2, 0) is 6.54 Å². The molecule has 0 heterocycles. The first-order chi connectivity index (χ1) is 13.7. The van der Waals surface area contributed by atoms with Crippen molar-refractivity contribution in [3.8, 4) is 11.1 Å². The van der Waals surface area contributed by atoms with Gasteiger partial charge in [-0.05, 0) is 47.5 Å². The summed E-state index contributed by atoms with van der Waals surface area (Å²) in [6.45, 7) is 3.58. The van der Waals surface area contributed by atoms with Gasteiger partial charge < -0.3 is 4.90 Å². The summed E-state index contributed by atoms with van der Waals surface area (Å²) in [5.41, 5.74) is 3.97. The van der Waals surface area contributed by atoms with Crippen molar-refractivity contribution in [2.45, 2.75) is 19.9 Å². The molecule has 3 aromatic rings. The number of hydrogen-bond donors (Lipinski definition) is 1. The summed E-state index contributed by atoms with van der Waals surface area (Å²) in [6, 6.07) is 27.8. The van der Waals surface area contributed by atoms with Crippen LogP contribution in [0.25, 0.3) is 11.1 Å². The van der Waals surface area contributed by atoms with Crippen LogP contribution in [0.1, 0.15) is 29.3 Å². The number of nitrogens with zero attached hydrogens (tertiary/aromatic N) is 1. The molecular weight excluding hydrogens is 364 g/mol. The highest BCUT2D eigenvalue weighted by atomic mass is 32.1. The Labute approximate surface area is 172 Å². The smallest absolute Gasteiger partial charge is 0.257 e. The largest absolute Gasteiger partial charge is 0.345 e. The Balaban J connectivity index is 1.65. The highest BCUT2D eigenvalue weighted by Crippen LogP contribution is 2.19. The molecule has 0 aromatic heterocycles. The number of hydrogen-bond acceptors (Lipinski definition) is 2. The minimum Gasteiger partial charge on any atom is -0.345 e. The van der Waals surface area contributed by atoms with Crippen LogP contribution >= 0.6 is 12.2 Å². The van der Waals surface area contributed by atoms with Gasteiger partial charge in [0.25, 0.3) is 5.91 Å². The number of nitrogens with one attached hydrogen (secondary N) is 1. The first kappa shape index (κ1) is 19.8. The second-order valence-electron chi connectivity index (χ2n) is 6.61. The molecule has 0 bridgehead atoms. The predicted octanol–water partition coefficient (Wildman–Crippen LogP) is 5.28. The van der Waals surface area contributed by atoms with Gasteiger partial charge in [-0.3, -0.25) is 10.1 Å². The molecule has 0 saturated carbocycles. The number of carbonyl (C=O) groups is 1. The fraction of sp³-hybridized carbons (Fsp3) is 0.167. The molecule has 28 heavy (non-hydrogen) atoms. The maximum Gasteiger partial charge on any atom is 0.257 e. The van der Waals surface area contributed by atoms with E-state index >= 15 is 0 Å². The molecule has 0 atom stereocenters. The van der Waals surface area contributed by atoms with Gasteiger partial charge in [-0.25, -0.2) is 0 Å². The molecule has 0 aliphatic heterocycles. The topological polar surface area (TPSA) is 32.3 Å². The zero-order valence-electron chi connectivity index (χ0n) is 16.0. The third-order valence-electron chi connectivity index (χ3n) is 4.47. The standard InChI is InChI=1S/C24H24N2OS/c1-2-17-26(18-19-9-5-3-6-10-19)24(28)25-23(27)22-15-13-21(14-16-22)20-11-7-4-8-12-20/h3-16H,2,17-18H2,1H3,(H,25,27,28). The zero-order chi connectivity index (χ0) is 19.8. The van der Waals surface area contributed by atoms with Crippen molar-refractivity contribution in [1.29, 1.82) is 0 Å². The molecule has 142 valence electrons. The zero-order valence-corrected chi connectivity index (χ0v) is 16.8. The maximum absolute atomic E-state index is 12.6. The molecule has 0 aliphatic carbocycles. The average molecular weight is 389 g/mol. The number of thiocarbonyl (C=S) groups is 1. The fourth-order valence-corrected chi connectivity index (χ4v) is 3.27. The Hall–Kier alpha value is -2.98. The summed E-state index contributed by atoms with van der Waals surface area (Å²) in [5.74, 6) is -0.182. The van der Waals surface area contributed by atoms with E-state index in [1.165, 1.54) is 5.56 Å². The Morgan fingerprint density at radius 1 is 0.857 bits per heavy atom. The first-order valence-corrected chi connectivity index (χ1v) is 9.88. The lowest BCUT2D eigenvalue weighted by molar-refractivity contribution is 0.0973. The minimum absolute atomic E-state index is 0.182. The third-order valence-corrected chi connectivity index (χ3v) is 4.83. The van der Waals surface area contributed by atoms with Crippen molar-refractivity contribution in [3.63, 3.8) is 0 Å². The second kappa shape index (κ2) is 9.81. The van der Waals surface area contributed by atoms with E-state index in [-0.39, 0.29) is 5.91 Å². The van der Waals surface area contributed by atoms with Gasteiger partial charge >= 0.3 is 0 Å². The van der Waals surface area contributed by atoms with Crippen LogP contribution in [0.3, 0.4) is 0 Å². The van der Waals surface area contributed by atoms with Crippen LogP contribution in [-0.4, -0.2) is 22.5 Å². The third kappa shape index (κ3) is 5.27. The molecule has 0 fully saturated rings. The lowest BCUT2D eigenvalue weighted by Gasteiger charge is -2.25. The van der Waals surface area contributed by atoms with Crippen LogP contribution in [0.2, 0.25) is 0 Å². The van der Waals surface area contributed by atoms with Gasteiger partial charge in [0.1, 0.15) is 0 Å². The van der Waals surface area contributed by atoms with Gasteiger partial charge in [-0.15, -0.1) is 0 Å². The van der Waals surface area contributed by atoms with Crippen molar-refractivity contribution in [2.75, 3.05) is 6.54 Å².